The second-order valence-corrected chi connectivity index (χ2v) is 4.66. The van der Waals surface area contributed by atoms with Crippen LogP contribution in [-0.4, -0.2) is 47.2 Å². The zero-order valence-corrected chi connectivity index (χ0v) is 10.3. The first-order chi connectivity index (χ1) is 7.46. The molecule has 0 rings (SSSR count). The first-order valence-corrected chi connectivity index (χ1v) is 5.01. The first kappa shape index (κ1) is 15.6. The maximum absolute atomic E-state index is 12.7. The fourth-order valence-electron chi connectivity index (χ4n) is 0.846. The van der Waals surface area contributed by atoms with Crippen LogP contribution >= 0.6 is 0 Å². The van der Waals surface area contributed by atoms with E-state index in [0.29, 0.717) is 0 Å². The molecule has 0 aromatic rings. The largest absolute Gasteiger partial charge is 0.477 e. The lowest BCUT2D eigenvalue weighted by atomic mass is 10.2. The average molecular weight is 253 g/mol. The molecule has 7 heteroatoms. The van der Waals surface area contributed by atoms with Gasteiger partial charge in [0.05, 0.1) is 0 Å². The third kappa shape index (κ3) is 6.03. The van der Waals surface area contributed by atoms with Crippen LogP contribution in [0, 0.1) is 0 Å². The number of hydrogen-bond acceptors (Lipinski definition) is 3. The van der Waals surface area contributed by atoms with Gasteiger partial charge >= 0.3 is 18.0 Å². The number of aliphatic carboxylic acids is 1. The summed E-state index contributed by atoms with van der Waals surface area (Å²) in [4.78, 5) is 22.4. The number of amides is 1. The molecule has 0 aliphatic heterocycles. The molecular weight excluding hydrogens is 236 g/mol. The zero-order valence-electron chi connectivity index (χ0n) is 10.3. The van der Waals surface area contributed by atoms with Crippen molar-refractivity contribution in [2.75, 3.05) is 13.6 Å². The van der Waals surface area contributed by atoms with E-state index < -0.39 is 36.6 Å². The number of rotatable bonds is 4. The molecule has 0 unspecified atom stereocenters. The van der Waals surface area contributed by atoms with Gasteiger partial charge in [-0.05, 0) is 20.8 Å². The van der Waals surface area contributed by atoms with Gasteiger partial charge in [0.25, 0.3) is 0 Å². The minimum atomic E-state index is -3.84. The monoisotopic (exact) mass is 253 g/mol. The molecule has 0 radical (unpaired) electrons. The van der Waals surface area contributed by atoms with E-state index in [2.05, 4.69) is 0 Å². The van der Waals surface area contributed by atoms with E-state index >= 15 is 0 Å². The van der Waals surface area contributed by atoms with Gasteiger partial charge < -0.3 is 14.7 Å². The van der Waals surface area contributed by atoms with E-state index in [1.54, 1.807) is 20.8 Å². The van der Waals surface area contributed by atoms with Crippen molar-refractivity contribution in [3.05, 3.63) is 0 Å². The van der Waals surface area contributed by atoms with Crippen LogP contribution in [0.2, 0.25) is 0 Å². The summed E-state index contributed by atoms with van der Waals surface area (Å²) in [5.41, 5.74) is -0.722. The highest BCUT2D eigenvalue weighted by molar-refractivity contribution is 5.75. The summed E-state index contributed by atoms with van der Waals surface area (Å²) in [6, 6.07) is 0. The Bertz CT molecular complexity index is 299. The average Bonchev–Trinajstić information content (AvgIpc) is 2.11. The van der Waals surface area contributed by atoms with E-state index in [1.807, 2.05) is 0 Å². The van der Waals surface area contributed by atoms with Gasteiger partial charge in [0.2, 0.25) is 0 Å². The summed E-state index contributed by atoms with van der Waals surface area (Å²) in [5, 5.41) is 8.19. The van der Waals surface area contributed by atoms with Crippen LogP contribution in [0.25, 0.3) is 0 Å². The van der Waals surface area contributed by atoms with Gasteiger partial charge in [-0.3, -0.25) is 0 Å². The molecule has 0 bridgehead atoms. The topological polar surface area (TPSA) is 66.8 Å². The van der Waals surface area contributed by atoms with Crippen molar-refractivity contribution in [3.63, 3.8) is 0 Å². The van der Waals surface area contributed by atoms with Crippen LogP contribution in [0.3, 0.4) is 0 Å². The Kier molecular flexibility index (Phi) is 4.85. The highest BCUT2D eigenvalue weighted by atomic mass is 19.3. The lowest BCUT2D eigenvalue weighted by molar-refractivity contribution is -0.166. The highest BCUT2D eigenvalue weighted by Gasteiger charge is 2.39. The maximum Gasteiger partial charge on any atom is 0.410 e. The number of carbonyl (C=O) groups is 2. The summed E-state index contributed by atoms with van der Waals surface area (Å²) in [6.45, 7) is 4.54. The number of alkyl halides is 2. The molecule has 0 spiro atoms. The summed E-state index contributed by atoms with van der Waals surface area (Å²) < 4.78 is 30.4. The molecule has 0 aromatic carbocycles. The van der Waals surface area contributed by atoms with Crippen molar-refractivity contribution in [3.8, 4) is 0 Å². The standard InChI is InChI=1S/C10H17F2NO4/c1-9(2,3)17-8(16)13(4)6-5-10(11,12)7(14)15/h5-6H2,1-4H3,(H,14,15). The Hall–Kier alpha value is -1.40. The van der Waals surface area contributed by atoms with Gasteiger partial charge in [-0.2, -0.15) is 8.78 Å². The lowest BCUT2D eigenvalue weighted by Gasteiger charge is -2.25. The first-order valence-electron chi connectivity index (χ1n) is 5.01. The zero-order chi connectivity index (χ0) is 13.9. The Morgan fingerprint density at radius 2 is 1.76 bits per heavy atom. The second-order valence-electron chi connectivity index (χ2n) is 4.66. The molecule has 100 valence electrons. The van der Waals surface area contributed by atoms with Gasteiger partial charge in [0.1, 0.15) is 5.60 Å². The molecule has 0 fully saturated rings. The summed E-state index contributed by atoms with van der Waals surface area (Å²) in [7, 11) is 1.27. The molecule has 0 aliphatic rings. The predicted octanol–water partition coefficient (Wildman–Crippen LogP) is 1.96. The Balaban J connectivity index is 4.24. The molecule has 1 N–H and O–H groups in total. The third-order valence-corrected chi connectivity index (χ3v) is 1.78. The Morgan fingerprint density at radius 3 is 2.12 bits per heavy atom. The van der Waals surface area contributed by atoms with Crippen LogP contribution in [0.1, 0.15) is 27.2 Å². The number of ether oxygens (including phenoxy) is 1. The highest BCUT2D eigenvalue weighted by Crippen LogP contribution is 2.19. The van der Waals surface area contributed by atoms with E-state index in [-0.39, 0.29) is 0 Å². The molecule has 1 amide bonds. The summed E-state index contributed by atoms with van der Waals surface area (Å²) in [6.07, 6.45) is -1.71. The van der Waals surface area contributed by atoms with Gasteiger partial charge in [0.15, 0.2) is 0 Å². The minimum Gasteiger partial charge on any atom is -0.477 e. The number of carboxylic acids is 1. The van der Waals surface area contributed by atoms with Gasteiger partial charge in [-0.25, -0.2) is 9.59 Å². The number of carboxylic acid groups (broad SMARTS) is 1. The van der Waals surface area contributed by atoms with Crippen molar-refractivity contribution < 1.29 is 28.2 Å². The number of halogens is 2. The minimum absolute atomic E-state index is 0.395. The van der Waals surface area contributed by atoms with E-state index in [0.717, 1.165) is 4.90 Å². The molecule has 0 aromatic heterocycles. The van der Waals surface area contributed by atoms with E-state index in [1.165, 1.54) is 7.05 Å². The normalized spacial score (nSPS) is 12.1. The van der Waals surface area contributed by atoms with E-state index in [9.17, 15) is 18.4 Å². The molecule has 0 aliphatic carbocycles. The fourth-order valence-corrected chi connectivity index (χ4v) is 0.846. The summed E-state index contributed by atoms with van der Waals surface area (Å²) in [5.74, 6) is -6.04. The summed E-state index contributed by atoms with van der Waals surface area (Å²) >= 11 is 0. The third-order valence-electron chi connectivity index (χ3n) is 1.78. The predicted molar refractivity (Wildman–Crippen MR) is 56.1 cm³/mol. The van der Waals surface area contributed by atoms with Crippen LogP contribution < -0.4 is 0 Å². The van der Waals surface area contributed by atoms with Crippen LogP contribution in [0.15, 0.2) is 0 Å². The molecule has 0 saturated carbocycles. The number of nitrogens with zero attached hydrogens (tertiary/aromatic N) is 1. The molecule has 0 atom stereocenters. The molecule has 5 nitrogen and oxygen atoms in total. The maximum atomic E-state index is 12.7. The van der Waals surface area contributed by atoms with Crippen LogP contribution in [0.4, 0.5) is 13.6 Å². The van der Waals surface area contributed by atoms with Crippen molar-refractivity contribution in [2.45, 2.75) is 38.7 Å². The number of hydrogen-bond donors (Lipinski definition) is 1. The van der Waals surface area contributed by atoms with Crippen molar-refractivity contribution in [1.82, 2.24) is 4.90 Å². The van der Waals surface area contributed by atoms with Crippen LogP contribution in [-0.2, 0) is 9.53 Å². The van der Waals surface area contributed by atoms with Crippen molar-refractivity contribution >= 4 is 12.1 Å². The quantitative estimate of drug-likeness (QED) is 0.831. The smallest absolute Gasteiger partial charge is 0.410 e. The second kappa shape index (κ2) is 5.29. The lowest BCUT2D eigenvalue weighted by Crippen LogP contribution is -2.38. The molecule has 0 heterocycles. The van der Waals surface area contributed by atoms with E-state index in [4.69, 9.17) is 9.84 Å². The van der Waals surface area contributed by atoms with Crippen molar-refractivity contribution in [2.24, 2.45) is 0 Å². The Morgan fingerprint density at radius 1 is 1.29 bits per heavy atom. The SMILES string of the molecule is CN(CCC(F)(F)C(=O)O)C(=O)OC(C)(C)C. The van der Waals surface area contributed by atoms with Gasteiger partial charge in [-0.15, -0.1) is 0 Å². The Labute approximate surface area is 98.3 Å². The number of carbonyl (C=O) groups excluding carboxylic acids is 1. The fraction of sp³-hybridized carbons (Fsp3) is 0.800. The van der Waals surface area contributed by atoms with Crippen molar-refractivity contribution in [1.29, 1.82) is 0 Å². The van der Waals surface area contributed by atoms with Gasteiger partial charge in [-0.1, -0.05) is 0 Å². The van der Waals surface area contributed by atoms with Gasteiger partial charge in [0, 0.05) is 20.0 Å². The molecular formula is C10H17F2NO4. The molecule has 0 saturated heterocycles. The molecule has 17 heavy (non-hydrogen) atoms. The van der Waals surface area contributed by atoms with Crippen LogP contribution in [0.5, 0.6) is 0 Å².